The molecule has 0 spiro atoms. The number of thioether (sulfide) groups is 1. The number of benzene rings is 2. The molecule has 0 aliphatic heterocycles. The van der Waals surface area contributed by atoms with Crippen LogP contribution in [0.15, 0.2) is 59.5 Å². The van der Waals surface area contributed by atoms with Crippen molar-refractivity contribution >= 4 is 29.3 Å². The van der Waals surface area contributed by atoms with Gasteiger partial charge >= 0.3 is 0 Å². The predicted octanol–water partition coefficient (Wildman–Crippen LogP) is 2.45. The van der Waals surface area contributed by atoms with Crippen LogP contribution in [0.25, 0.3) is 0 Å². The Hall–Kier alpha value is -2.27. The maximum atomic E-state index is 11.9. The van der Waals surface area contributed by atoms with Crippen molar-refractivity contribution in [2.75, 3.05) is 11.1 Å². The first-order valence-corrected chi connectivity index (χ1v) is 7.47. The lowest BCUT2D eigenvalue weighted by Crippen LogP contribution is -2.14. The summed E-state index contributed by atoms with van der Waals surface area (Å²) in [7, 11) is 0. The van der Waals surface area contributed by atoms with E-state index in [0.29, 0.717) is 6.42 Å². The fourth-order valence-corrected chi connectivity index (χ4v) is 2.41. The molecule has 108 valence electrons. The van der Waals surface area contributed by atoms with Gasteiger partial charge in [0.2, 0.25) is 11.8 Å². The van der Waals surface area contributed by atoms with Crippen LogP contribution in [-0.4, -0.2) is 17.6 Å². The summed E-state index contributed by atoms with van der Waals surface area (Å²) >= 11 is 1.37. The van der Waals surface area contributed by atoms with Gasteiger partial charge in [0.25, 0.3) is 0 Å². The molecule has 2 rings (SSSR count). The first-order valence-electron chi connectivity index (χ1n) is 6.48. The molecule has 0 heterocycles. The van der Waals surface area contributed by atoms with Gasteiger partial charge in [-0.1, -0.05) is 30.3 Å². The van der Waals surface area contributed by atoms with Crippen molar-refractivity contribution in [1.29, 1.82) is 0 Å². The highest BCUT2D eigenvalue weighted by Crippen LogP contribution is 2.20. The minimum Gasteiger partial charge on any atom is -0.369 e. The third kappa shape index (κ3) is 5.31. The van der Waals surface area contributed by atoms with Crippen molar-refractivity contribution in [3.8, 4) is 0 Å². The molecule has 3 N–H and O–H groups in total. The quantitative estimate of drug-likeness (QED) is 0.805. The maximum Gasteiger partial charge on any atom is 0.228 e. The van der Waals surface area contributed by atoms with E-state index in [2.05, 4.69) is 5.32 Å². The third-order valence-corrected chi connectivity index (χ3v) is 3.76. The number of hydrogen-bond donors (Lipinski definition) is 2. The molecule has 0 unspecified atom stereocenters. The Morgan fingerprint density at radius 2 is 1.67 bits per heavy atom. The van der Waals surface area contributed by atoms with E-state index in [1.165, 1.54) is 11.8 Å². The van der Waals surface area contributed by atoms with E-state index >= 15 is 0 Å². The van der Waals surface area contributed by atoms with Gasteiger partial charge in [-0.2, -0.15) is 0 Å². The lowest BCUT2D eigenvalue weighted by molar-refractivity contribution is -0.116. The van der Waals surface area contributed by atoms with Gasteiger partial charge in [0.1, 0.15) is 0 Å². The molecule has 0 saturated heterocycles. The molecule has 2 aromatic carbocycles. The highest BCUT2D eigenvalue weighted by Gasteiger charge is 2.04. The van der Waals surface area contributed by atoms with Gasteiger partial charge in [-0.3, -0.25) is 9.59 Å². The third-order valence-electron chi connectivity index (χ3n) is 2.73. The lowest BCUT2D eigenvalue weighted by atomic mass is 10.1. The first-order chi connectivity index (χ1) is 10.1. The zero-order chi connectivity index (χ0) is 15.1. The SMILES string of the molecule is NC(=O)CSc1ccc(NC(=O)Cc2ccccc2)cc1. The van der Waals surface area contributed by atoms with Gasteiger partial charge in [-0.15, -0.1) is 11.8 Å². The Morgan fingerprint density at radius 3 is 2.29 bits per heavy atom. The van der Waals surface area contributed by atoms with E-state index in [0.717, 1.165) is 16.1 Å². The van der Waals surface area contributed by atoms with Gasteiger partial charge in [0.15, 0.2) is 0 Å². The van der Waals surface area contributed by atoms with Crippen LogP contribution in [0.4, 0.5) is 5.69 Å². The minimum atomic E-state index is -0.347. The van der Waals surface area contributed by atoms with Crippen LogP contribution in [0.1, 0.15) is 5.56 Å². The topological polar surface area (TPSA) is 72.2 Å². The number of carbonyl (C=O) groups is 2. The molecule has 0 saturated carbocycles. The second kappa shape index (κ2) is 7.50. The summed E-state index contributed by atoms with van der Waals surface area (Å²) in [5.41, 5.74) is 6.80. The van der Waals surface area contributed by atoms with Crippen LogP contribution in [0.5, 0.6) is 0 Å². The monoisotopic (exact) mass is 300 g/mol. The molecule has 0 aromatic heterocycles. The Kier molecular flexibility index (Phi) is 5.40. The maximum absolute atomic E-state index is 11.9. The zero-order valence-corrected chi connectivity index (χ0v) is 12.2. The zero-order valence-electron chi connectivity index (χ0n) is 11.4. The smallest absolute Gasteiger partial charge is 0.228 e. The number of amides is 2. The van der Waals surface area contributed by atoms with Crippen LogP contribution in [-0.2, 0) is 16.0 Å². The highest BCUT2D eigenvalue weighted by molar-refractivity contribution is 8.00. The normalized spacial score (nSPS) is 10.1. The Bertz CT molecular complexity index is 612. The van der Waals surface area contributed by atoms with Crippen LogP contribution >= 0.6 is 11.8 Å². The molecule has 0 bridgehead atoms. The van der Waals surface area contributed by atoms with Gasteiger partial charge in [0.05, 0.1) is 12.2 Å². The van der Waals surface area contributed by atoms with Gasteiger partial charge in [-0.25, -0.2) is 0 Å². The summed E-state index contributed by atoms with van der Waals surface area (Å²) in [6.45, 7) is 0. The summed E-state index contributed by atoms with van der Waals surface area (Å²) < 4.78 is 0. The van der Waals surface area contributed by atoms with E-state index in [-0.39, 0.29) is 17.6 Å². The number of nitrogens with one attached hydrogen (secondary N) is 1. The molecule has 0 fully saturated rings. The number of carbonyl (C=O) groups excluding carboxylic acids is 2. The minimum absolute atomic E-state index is 0.0567. The van der Waals surface area contributed by atoms with Crippen LogP contribution in [0.2, 0.25) is 0 Å². The lowest BCUT2D eigenvalue weighted by Gasteiger charge is -2.06. The molecule has 0 aliphatic rings. The second-order valence-corrected chi connectivity index (χ2v) is 5.54. The Morgan fingerprint density at radius 1 is 1.00 bits per heavy atom. The van der Waals surface area contributed by atoms with E-state index in [4.69, 9.17) is 5.73 Å². The van der Waals surface area contributed by atoms with Gasteiger partial charge in [-0.05, 0) is 29.8 Å². The van der Waals surface area contributed by atoms with Crippen molar-refractivity contribution in [1.82, 2.24) is 0 Å². The fourth-order valence-electron chi connectivity index (χ4n) is 1.78. The fraction of sp³-hybridized carbons (Fsp3) is 0.125. The van der Waals surface area contributed by atoms with Gasteiger partial charge in [0, 0.05) is 10.6 Å². The summed E-state index contributed by atoms with van der Waals surface area (Å²) in [5.74, 6) is -0.154. The van der Waals surface area contributed by atoms with Crippen molar-refractivity contribution in [2.45, 2.75) is 11.3 Å². The average molecular weight is 300 g/mol. The van der Waals surface area contributed by atoms with Crippen LogP contribution in [0.3, 0.4) is 0 Å². The molecule has 0 atom stereocenters. The number of hydrogen-bond acceptors (Lipinski definition) is 3. The first kappa shape index (κ1) is 15.1. The summed E-state index contributed by atoms with van der Waals surface area (Å²) in [4.78, 5) is 23.5. The van der Waals surface area contributed by atoms with E-state index in [9.17, 15) is 9.59 Å². The summed E-state index contributed by atoms with van der Waals surface area (Å²) in [5, 5.41) is 2.84. The van der Waals surface area contributed by atoms with Crippen molar-refractivity contribution in [3.05, 3.63) is 60.2 Å². The molecule has 2 amide bonds. The highest BCUT2D eigenvalue weighted by atomic mass is 32.2. The van der Waals surface area contributed by atoms with Crippen molar-refractivity contribution in [2.24, 2.45) is 5.73 Å². The van der Waals surface area contributed by atoms with E-state index < -0.39 is 0 Å². The summed E-state index contributed by atoms with van der Waals surface area (Å²) in [6, 6.07) is 16.9. The summed E-state index contributed by atoms with van der Waals surface area (Å²) in [6.07, 6.45) is 0.346. The molecule has 5 heteroatoms. The van der Waals surface area contributed by atoms with Crippen LogP contribution < -0.4 is 11.1 Å². The molecule has 2 aromatic rings. The molecule has 21 heavy (non-hydrogen) atoms. The number of rotatable bonds is 6. The second-order valence-electron chi connectivity index (χ2n) is 4.49. The molecule has 0 aliphatic carbocycles. The molecule has 4 nitrogen and oxygen atoms in total. The standard InChI is InChI=1S/C16H16N2O2S/c17-15(19)11-21-14-8-6-13(7-9-14)18-16(20)10-12-4-2-1-3-5-12/h1-9H,10-11H2,(H2,17,19)(H,18,20). The number of primary amides is 1. The Balaban J connectivity index is 1.88. The number of nitrogens with two attached hydrogens (primary N) is 1. The van der Waals surface area contributed by atoms with Gasteiger partial charge < -0.3 is 11.1 Å². The van der Waals surface area contributed by atoms with Crippen molar-refractivity contribution < 1.29 is 9.59 Å². The van der Waals surface area contributed by atoms with E-state index in [1.807, 2.05) is 54.6 Å². The number of anilines is 1. The predicted molar refractivity (Wildman–Crippen MR) is 85.1 cm³/mol. The molecular formula is C16H16N2O2S. The molecular weight excluding hydrogens is 284 g/mol. The van der Waals surface area contributed by atoms with Crippen molar-refractivity contribution in [3.63, 3.8) is 0 Å². The van der Waals surface area contributed by atoms with Crippen LogP contribution in [0, 0.1) is 0 Å². The van der Waals surface area contributed by atoms with E-state index in [1.54, 1.807) is 0 Å². The Labute approximate surface area is 127 Å². The molecule has 0 radical (unpaired) electrons. The largest absolute Gasteiger partial charge is 0.369 e. The average Bonchev–Trinajstić information content (AvgIpc) is 2.47.